The lowest BCUT2D eigenvalue weighted by molar-refractivity contribution is -0.136. The molecule has 1 atom stereocenters. The molecule has 2 rings (SSSR count). The molecule has 0 radical (unpaired) electrons. The summed E-state index contributed by atoms with van der Waals surface area (Å²) in [5, 5.41) is 0. The average Bonchev–Trinajstić information content (AvgIpc) is 2.82. The normalized spacial score (nSPS) is 29.6. The lowest BCUT2D eigenvalue weighted by atomic mass is 9.73. The van der Waals surface area contributed by atoms with Crippen LogP contribution in [0, 0.1) is 5.92 Å². The molecule has 0 aromatic rings. The topological polar surface area (TPSA) is 29.5 Å². The number of ketones is 1. The van der Waals surface area contributed by atoms with Crippen LogP contribution in [0.3, 0.4) is 0 Å². The van der Waals surface area contributed by atoms with E-state index in [1.165, 1.54) is 19.3 Å². The Morgan fingerprint density at radius 1 is 1.25 bits per heavy atom. The van der Waals surface area contributed by atoms with E-state index in [1.54, 1.807) is 0 Å². The fourth-order valence-corrected chi connectivity index (χ4v) is 3.17. The fraction of sp³-hybridized carbons (Fsp3) is 0.923. The maximum absolute atomic E-state index is 12.6. The lowest BCUT2D eigenvalue weighted by Gasteiger charge is -2.42. The van der Waals surface area contributed by atoms with E-state index in [4.69, 9.17) is 4.74 Å². The van der Waals surface area contributed by atoms with Crippen LogP contribution in [0.1, 0.15) is 38.5 Å². The second-order valence-corrected chi connectivity index (χ2v) is 5.41. The number of carbonyl (C=O) groups is 1. The Balaban J connectivity index is 2.14. The van der Waals surface area contributed by atoms with Gasteiger partial charge in [0.1, 0.15) is 0 Å². The van der Waals surface area contributed by atoms with Gasteiger partial charge < -0.3 is 4.74 Å². The molecule has 1 unspecified atom stereocenters. The molecule has 3 heteroatoms. The summed E-state index contributed by atoms with van der Waals surface area (Å²) in [7, 11) is 4.11. The Kier molecular flexibility index (Phi) is 3.65. The molecule has 3 nitrogen and oxygen atoms in total. The van der Waals surface area contributed by atoms with E-state index >= 15 is 0 Å². The minimum absolute atomic E-state index is 0.153. The molecule has 16 heavy (non-hydrogen) atoms. The SMILES string of the molecule is CN(C)C1(C(=O)C2CCOC2)CCCCC1. The molecule has 0 amide bonds. The van der Waals surface area contributed by atoms with E-state index in [-0.39, 0.29) is 11.5 Å². The van der Waals surface area contributed by atoms with Gasteiger partial charge in [0.05, 0.1) is 12.1 Å². The van der Waals surface area contributed by atoms with Crippen LogP contribution in [0.25, 0.3) is 0 Å². The van der Waals surface area contributed by atoms with Crippen molar-refractivity contribution in [1.82, 2.24) is 4.90 Å². The molecule has 0 N–H and O–H groups in total. The van der Waals surface area contributed by atoms with Gasteiger partial charge in [-0.3, -0.25) is 9.69 Å². The van der Waals surface area contributed by atoms with Crippen molar-refractivity contribution >= 4 is 5.78 Å². The molecule has 0 spiro atoms. The van der Waals surface area contributed by atoms with Gasteiger partial charge in [-0.15, -0.1) is 0 Å². The molecule has 1 aliphatic heterocycles. The van der Waals surface area contributed by atoms with E-state index in [2.05, 4.69) is 19.0 Å². The maximum atomic E-state index is 12.6. The van der Waals surface area contributed by atoms with Crippen molar-refractivity contribution in [2.24, 2.45) is 5.92 Å². The number of carbonyl (C=O) groups excluding carboxylic acids is 1. The minimum atomic E-state index is -0.184. The van der Waals surface area contributed by atoms with Gasteiger partial charge in [0.2, 0.25) is 0 Å². The van der Waals surface area contributed by atoms with Crippen molar-refractivity contribution in [1.29, 1.82) is 0 Å². The highest BCUT2D eigenvalue weighted by Crippen LogP contribution is 2.36. The van der Waals surface area contributed by atoms with Gasteiger partial charge in [-0.25, -0.2) is 0 Å². The number of hydrogen-bond acceptors (Lipinski definition) is 3. The monoisotopic (exact) mass is 225 g/mol. The molecule has 1 saturated heterocycles. The largest absolute Gasteiger partial charge is 0.381 e. The van der Waals surface area contributed by atoms with Crippen LogP contribution in [0.5, 0.6) is 0 Å². The van der Waals surface area contributed by atoms with Crippen LogP contribution in [0.15, 0.2) is 0 Å². The van der Waals surface area contributed by atoms with Crippen LogP contribution in [0.2, 0.25) is 0 Å². The molecule has 0 aromatic heterocycles. The Morgan fingerprint density at radius 3 is 2.44 bits per heavy atom. The van der Waals surface area contributed by atoms with E-state index in [0.717, 1.165) is 25.9 Å². The molecular weight excluding hydrogens is 202 g/mol. The average molecular weight is 225 g/mol. The smallest absolute Gasteiger partial charge is 0.158 e. The second kappa shape index (κ2) is 4.84. The van der Waals surface area contributed by atoms with E-state index in [9.17, 15) is 4.79 Å². The predicted molar refractivity (Wildman–Crippen MR) is 63.4 cm³/mol. The van der Waals surface area contributed by atoms with Gasteiger partial charge in [0.25, 0.3) is 0 Å². The van der Waals surface area contributed by atoms with Crippen LogP contribution < -0.4 is 0 Å². The number of nitrogens with zero attached hydrogens (tertiary/aromatic N) is 1. The van der Waals surface area contributed by atoms with Crippen LogP contribution in [-0.4, -0.2) is 43.5 Å². The minimum Gasteiger partial charge on any atom is -0.381 e. The van der Waals surface area contributed by atoms with Crippen molar-refractivity contribution in [3.63, 3.8) is 0 Å². The third-order valence-corrected chi connectivity index (χ3v) is 4.30. The van der Waals surface area contributed by atoms with Crippen molar-refractivity contribution in [3.8, 4) is 0 Å². The Morgan fingerprint density at radius 2 is 1.94 bits per heavy atom. The van der Waals surface area contributed by atoms with E-state index in [0.29, 0.717) is 12.4 Å². The summed E-state index contributed by atoms with van der Waals surface area (Å²) in [6.07, 6.45) is 6.66. The zero-order chi connectivity index (χ0) is 11.6. The number of Topliss-reactive ketones (excluding diaryl/α,β-unsaturated/α-hetero) is 1. The fourth-order valence-electron chi connectivity index (χ4n) is 3.17. The van der Waals surface area contributed by atoms with Gasteiger partial charge in [0, 0.05) is 12.5 Å². The predicted octanol–water partition coefficient (Wildman–Crippen LogP) is 1.86. The first-order chi connectivity index (χ1) is 7.67. The molecule has 92 valence electrons. The summed E-state index contributed by atoms with van der Waals surface area (Å²) < 4.78 is 5.35. The second-order valence-electron chi connectivity index (χ2n) is 5.41. The van der Waals surface area contributed by atoms with Crippen molar-refractivity contribution < 1.29 is 9.53 Å². The van der Waals surface area contributed by atoms with Crippen LogP contribution in [-0.2, 0) is 9.53 Å². The summed E-state index contributed by atoms with van der Waals surface area (Å²) >= 11 is 0. The van der Waals surface area contributed by atoms with Crippen LogP contribution >= 0.6 is 0 Å². The quantitative estimate of drug-likeness (QED) is 0.734. The first-order valence-electron chi connectivity index (χ1n) is 6.46. The van der Waals surface area contributed by atoms with Crippen molar-refractivity contribution in [2.75, 3.05) is 27.3 Å². The molecule has 0 aromatic carbocycles. The van der Waals surface area contributed by atoms with Gasteiger partial charge in [0.15, 0.2) is 5.78 Å². The molecule has 2 fully saturated rings. The molecule has 1 saturated carbocycles. The zero-order valence-corrected chi connectivity index (χ0v) is 10.5. The zero-order valence-electron chi connectivity index (χ0n) is 10.5. The molecular formula is C13H23NO2. The molecule has 2 aliphatic rings. The van der Waals surface area contributed by atoms with Gasteiger partial charge >= 0.3 is 0 Å². The summed E-state index contributed by atoms with van der Waals surface area (Å²) in [6.45, 7) is 1.41. The van der Waals surface area contributed by atoms with Crippen molar-refractivity contribution in [2.45, 2.75) is 44.1 Å². The Bertz CT molecular complexity index is 251. The standard InChI is InChI=1S/C13H23NO2/c1-14(2)13(7-4-3-5-8-13)12(15)11-6-9-16-10-11/h11H,3-10H2,1-2H3. The summed E-state index contributed by atoms with van der Waals surface area (Å²) in [5.74, 6) is 0.593. The number of ether oxygens (including phenoxy) is 1. The molecule has 1 aliphatic carbocycles. The number of likely N-dealkylation sites (N-methyl/N-ethyl adjacent to an activating group) is 1. The van der Waals surface area contributed by atoms with Crippen LogP contribution in [0.4, 0.5) is 0 Å². The van der Waals surface area contributed by atoms with Gasteiger partial charge in [-0.2, -0.15) is 0 Å². The number of hydrogen-bond donors (Lipinski definition) is 0. The van der Waals surface area contributed by atoms with Gasteiger partial charge in [-0.1, -0.05) is 19.3 Å². The molecule has 0 bridgehead atoms. The third-order valence-electron chi connectivity index (χ3n) is 4.30. The highest BCUT2D eigenvalue weighted by molar-refractivity contribution is 5.90. The number of rotatable bonds is 3. The highest BCUT2D eigenvalue weighted by atomic mass is 16.5. The van der Waals surface area contributed by atoms with Crippen molar-refractivity contribution in [3.05, 3.63) is 0 Å². The summed E-state index contributed by atoms with van der Waals surface area (Å²) in [4.78, 5) is 14.8. The summed E-state index contributed by atoms with van der Waals surface area (Å²) in [5.41, 5.74) is -0.184. The Hall–Kier alpha value is -0.410. The highest BCUT2D eigenvalue weighted by Gasteiger charge is 2.44. The summed E-state index contributed by atoms with van der Waals surface area (Å²) in [6, 6.07) is 0. The lowest BCUT2D eigenvalue weighted by Crippen LogP contribution is -2.54. The first kappa shape index (κ1) is 12.1. The Labute approximate surface area is 98.1 Å². The first-order valence-corrected chi connectivity index (χ1v) is 6.46. The maximum Gasteiger partial charge on any atom is 0.158 e. The van der Waals surface area contributed by atoms with Gasteiger partial charge in [-0.05, 0) is 33.4 Å². The third kappa shape index (κ3) is 2.03. The molecule has 1 heterocycles. The van der Waals surface area contributed by atoms with E-state index < -0.39 is 0 Å². The van der Waals surface area contributed by atoms with E-state index in [1.807, 2.05) is 0 Å².